The van der Waals surface area contributed by atoms with Crippen LogP contribution in [0.4, 0.5) is 14.9 Å². The Labute approximate surface area is 184 Å². The summed E-state index contributed by atoms with van der Waals surface area (Å²) >= 11 is 5.78. The van der Waals surface area contributed by atoms with Crippen LogP contribution in [0, 0.1) is 11.7 Å². The van der Waals surface area contributed by atoms with E-state index < -0.39 is 11.9 Å². The Morgan fingerprint density at radius 3 is 2.74 bits per heavy atom. The summed E-state index contributed by atoms with van der Waals surface area (Å²) < 4.78 is 18.6. The lowest BCUT2D eigenvalue weighted by Gasteiger charge is -2.16. The van der Waals surface area contributed by atoms with Crippen molar-refractivity contribution in [3.8, 4) is 0 Å². The Kier molecular flexibility index (Phi) is 6.23. The zero-order valence-corrected chi connectivity index (χ0v) is 17.5. The van der Waals surface area contributed by atoms with Crippen molar-refractivity contribution in [2.24, 2.45) is 5.92 Å². The molecule has 2 aromatic carbocycles. The number of anilines is 1. The first kappa shape index (κ1) is 21.3. The van der Waals surface area contributed by atoms with Gasteiger partial charge in [-0.05, 0) is 54.7 Å². The van der Waals surface area contributed by atoms with E-state index in [-0.39, 0.29) is 35.3 Å². The number of alkyl carbamates (subject to hydrolysis) is 1. The maximum Gasteiger partial charge on any atom is 0.407 e. The average molecular weight is 445 g/mol. The largest absolute Gasteiger partial charge is 0.449 e. The van der Waals surface area contributed by atoms with E-state index in [1.54, 1.807) is 12.1 Å². The first-order valence-corrected chi connectivity index (χ1v) is 10.6. The van der Waals surface area contributed by atoms with E-state index in [2.05, 4.69) is 10.6 Å². The Bertz CT molecular complexity index is 1040. The molecule has 2 amide bonds. The lowest BCUT2D eigenvalue weighted by Crippen LogP contribution is -2.29. The number of ketones is 1. The molecule has 2 aliphatic carbocycles. The van der Waals surface area contributed by atoms with E-state index in [1.807, 2.05) is 6.07 Å². The van der Waals surface area contributed by atoms with Crippen LogP contribution in [-0.2, 0) is 16.0 Å². The summed E-state index contributed by atoms with van der Waals surface area (Å²) in [5.74, 6) is -0.564. The van der Waals surface area contributed by atoms with E-state index in [9.17, 15) is 18.8 Å². The molecule has 4 rings (SSSR count). The van der Waals surface area contributed by atoms with Gasteiger partial charge in [0.15, 0.2) is 0 Å². The Morgan fingerprint density at radius 2 is 2.00 bits per heavy atom. The van der Waals surface area contributed by atoms with Crippen LogP contribution in [0.25, 0.3) is 0 Å². The molecule has 0 bridgehead atoms. The minimum atomic E-state index is -0.555. The van der Waals surface area contributed by atoms with Crippen LogP contribution in [0.1, 0.15) is 53.2 Å². The van der Waals surface area contributed by atoms with Gasteiger partial charge in [-0.2, -0.15) is 0 Å². The number of carbonyl (C=O) groups is 3. The molecular weight excluding hydrogens is 423 g/mol. The Balaban J connectivity index is 1.40. The van der Waals surface area contributed by atoms with Gasteiger partial charge in [-0.25, -0.2) is 9.18 Å². The Morgan fingerprint density at radius 1 is 1.16 bits per heavy atom. The van der Waals surface area contributed by atoms with Crippen LogP contribution in [0.2, 0.25) is 5.02 Å². The van der Waals surface area contributed by atoms with Gasteiger partial charge in [-0.15, -0.1) is 0 Å². The maximum absolute atomic E-state index is 13.3. The number of ether oxygens (including phenoxy) is 1. The molecule has 2 N–H and O–H groups in total. The van der Waals surface area contributed by atoms with Crippen LogP contribution in [0.3, 0.4) is 0 Å². The van der Waals surface area contributed by atoms with E-state index in [4.69, 9.17) is 16.3 Å². The summed E-state index contributed by atoms with van der Waals surface area (Å²) in [5, 5.41) is 5.53. The molecule has 2 atom stereocenters. The summed E-state index contributed by atoms with van der Waals surface area (Å²) in [6.45, 7) is 0.236. The lowest BCUT2D eigenvalue weighted by atomic mass is 10.0. The van der Waals surface area contributed by atoms with Gasteiger partial charge >= 0.3 is 6.09 Å². The van der Waals surface area contributed by atoms with Crippen molar-refractivity contribution >= 4 is 35.1 Å². The topological polar surface area (TPSA) is 84.5 Å². The molecule has 1 fully saturated rings. The highest BCUT2D eigenvalue weighted by Crippen LogP contribution is 2.34. The quantitative estimate of drug-likeness (QED) is 0.692. The van der Waals surface area contributed by atoms with Gasteiger partial charge in [0, 0.05) is 30.0 Å². The SMILES string of the molecule is O=C1CC[C@H](COC(=O)N[C@H]2CCc3c(C(=O)Nc4ccc(F)c(Cl)c4)cccc32)C1. The van der Waals surface area contributed by atoms with E-state index in [0.29, 0.717) is 36.9 Å². The molecule has 1 saturated carbocycles. The van der Waals surface area contributed by atoms with Crippen LogP contribution in [0.5, 0.6) is 0 Å². The van der Waals surface area contributed by atoms with Gasteiger partial charge in [0.1, 0.15) is 11.6 Å². The van der Waals surface area contributed by atoms with E-state index in [0.717, 1.165) is 17.5 Å². The number of benzene rings is 2. The van der Waals surface area contributed by atoms with E-state index >= 15 is 0 Å². The summed E-state index contributed by atoms with van der Waals surface area (Å²) in [6, 6.07) is 9.12. The molecular formula is C23H22ClFN2O4. The van der Waals surface area contributed by atoms with Gasteiger partial charge in [-0.1, -0.05) is 23.7 Å². The minimum absolute atomic E-state index is 0.0687. The van der Waals surface area contributed by atoms with Crippen molar-refractivity contribution in [2.45, 2.75) is 38.1 Å². The predicted octanol–water partition coefficient (Wildman–Crippen LogP) is 4.81. The van der Waals surface area contributed by atoms with Crippen LogP contribution in [-0.4, -0.2) is 24.4 Å². The zero-order chi connectivity index (χ0) is 22.0. The molecule has 31 heavy (non-hydrogen) atoms. The van der Waals surface area contributed by atoms with Crippen molar-refractivity contribution in [1.29, 1.82) is 0 Å². The van der Waals surface area contributed by atoms with Gasteiger partial charge < -0.3 is 15.4 Å². The van der Waals surface area contributed by atoms with E-state index in [1.165, 1.54) is 18.2 Å². The van der Waals surface area contributed by atoms with Crippen LogP contribution < -0.4 is 10.6 Å². The second-order valence-electron chi connectivity index (χ2n) is 7.94. The third kappa shape index (κ3) is 4.88. The molecule has 6 nitrogen and oxygen atoms in total. The highest BCUT2D eigenvalue weighted by Gasteiger charge is 2.29. The molecule has 0 unspecified atom stereocenters. The summed E-state index contributed by atoms with van der Waals surface area (Å²) in [4.78, 5) is 36.3. The van der Waals surface area contributed by atoms with Crippen molar-refractivity contribution in [3.05, 3.63) is 63.9 Å². The third-order valence-corrected chi connectivity index (χ3v) is 6.07. The van der Waals surface area contributed by atoms with Crippen molar-refractivity contribution in [1.82, 2.24) is 5.32 Å². The van der Waals surface area contributed by atoms with Gasteiger partial charge in [0.2, 0.25) is 0 Å². The molecule has 0 saturated heterocycles. The molecule has 0 spiro atoms. The monoisotopic (exact) mass is 444 g/mol. The van der Waals surface area contributed by atoms with Crippen LogP contribution >= 0.6 is 11.6 Å². The summed E-state index contributed by atoms with van der Waals surface area (Å²) in [5.41, 5.74) is 2.63. The van der Waals surface area contributed by atoms with Gasteiger partial charge in [-0.3, -0.25) is 9.59 Å². The van der Waals surface area contributed by atoms with Crippen molar-refractivity contribution < 1.29 is 23.5 Å². The molecule has 0 heterocycles. The average Bonchev–Trinajstić information content (AvgIpc) is 3.35. The highest BCUT2D eigenvalue weighted by atomic mass is 35.5. The molecule has 162 valence electrons. The number of Topliss-reactive ketones (excluding diaryl/α,β-unsaturated/α-hetero) is 1. The molecule has 2 aromatic rings. The zero-order valence-electron chi connectivity index (χ0n) is 16.8. The molecule has 0 aromatic heterocycles. The fourth-order valence-corrected chi connectivity index (χ4v) is 4.38. The fraction of sp³-hybridized carbons (Fsp3) is 0.348. The van der Waals surface area contributed by atoms with Crippen LogP contribution in [0.15, 0.2) is 36.4 Å². The minimum Gasteiger partial charge on any atom is -0.449 e. The first-order valence-electron chi connectivity index (χ1n) is 10.2. The lowest BCUT2D eigenvalue weighted by molar-refractivity contribution is -0.117. The first-order chi connectivity index (χ1) is 14.9. The molecule has 0 aliphatic heterocycles. The number of halogens is 2. The predicted molar refractivity (Wildman–Crippen MR) is 114 cm³/mol. The molecule has 8 heteroatoms. The smallest absolute Gasteiger partial charge is 0.407 e. The number of hydrogen-bond donors (Lipinski definition) is 2. The molecule has 2 aliphatic rings. The normalized spacial score (nSPS) is 19.7. The third-order valence-electron chi connectivity index (χ3n) is 5.78. The standard InChI is InChI=1S/C23H22ClFN2O4/c24-19-11-14(5-8-20(19)25)26-22(29)18-3-1-2-17-16(18)7-9-21(17)27-23(30)31-12-13-4-6-15(28)10-13/h1-3,5,8,11,13,21H,4,6-7,9-10,12H2,(H,26,29)(H,27,30)/t13-,21-/m0/s1. The van der Waals surface area contributed by atoms with Gasteiger partial charge in [0.25, 0.3) is 5.91 Å². The summed E-state index contributed by atoms with van der Waals surface area (Å²) in [7, 11) is 0. The number of carbonyl (C=O) groups excluding carboxylic acids is 3. The second kappa shape index (κ2) is 9.06. The Hall–Kier alpha value is -2.93. The number of amides is 2. The highest BCUT2D eigenvalue weighted by molar-refractivity contribution is 6.31. The van der Waals surface area contributed by atoms with Gasteiger partial charge in [0.05, 0.1) is 17.7 Å². The van der Waals surface area contributed by atoms with Crippen molar-refractivity contribution in [2.75, 3.05) is 11.9 Å². The fourth-order valence-electron chi connectivity index (χ4n) is 4.20. The van der Waals surface area contributed by atoms with Crippen molar-refractivity contribution in [3.63, 3.8) is 0 Å². The number of nitrogens with one attached hydrogen (secondary N) is 2. The maximum atomic E-state index is 13.3. The number of hydrogen-bond acceptors (Lipinski definition) is 4. The number of fused-ring (bicyclic) bond motifs is 1. The number of rotatable bonds is 5. The summed E-state index contributed by atoms with van der Waals surface area (Å²) in [6.07, 6.45) is 2.55. The molecule has 0 radical (unpaired) electrons. The second-order valence-corrected chi connectivity index (χ2v) is 8.35.